The van der Waals surface area contributed by atoms with Gasteiger partial charge < -0.3 is 28.7 Å². The lowest BCUT2D eigenvalue weighted by Gasteiger charge is -2.35. The Hall–Kier alpha value is -4.22. The van der Waals surface area contributed by atoms with Crippen molar-refractivity contribution >= 4 is 11.7 Å². The Morgan fingerprint density at radius 2 is 1.58 bits per heavy atom. The van der Waals surface area contributed by atoms with E-state index in [1.54, 1.807) is 17.0 Å². The fourth-order valence-corrected chi connectivity index (χ4v) is 4.06. The highest BCUT2D eigenvalue weighted by Gasteiger charge is 2.31. The molecular weight excluding hydrogens is 505 g/mol. The van der Waals surface area contributed by atoms with Gasteiger partial charge in [0.25, 0.3) is 5.91 Å². The Morgan fingerprint density at radius 3 is 2.13 bits per heavy atom. The molecule has 1 saturated heterocycles. The maximum atomic E-state index is 12.9. The van der Waals surface area contributed by atoms with Gasteiger partial charge in [0.15, 0.2) is 23.9 Å². The number of anilines is 1. The Bertz CT molecular complexity index is 1240. The highest BCUT2D eigenvalue weighted by molar-refractivity contribution is 5.78. The van der Waals surface area contributed by atoms with Crippen molar-refractivity contribution in [1.82, 2.24) is 15.1 Å². The number of methoxy groups -OCH3 is 3. The Kier molecular flexibility index (Phi) is 8.08. The number of nitrogens with zero attached hydrogens (tertiary/aromatic N) is 4. The molecule has 1 aliphatic heterocycles. The monoisotopic (exact) mass is 532 g/mol. The van der Waals surface area contributed by atoms with Gasteiger partial charge >= 0.3 is 6.18 Å². The lowest BCUT2D eigenvalue weighted by molar-refractivity contribution is -0.137. The van der Waals surface area contributed by atoms with Crippen molar-refractivity contribution in [1.29, 1.82) is 0 Å². The first-order valence-electron chi connectivity index (χ1n) is 11.7. The first-order chi connectivity index (χ1) is 18.2. The summed E-state index contributed by atoms with van der Waals surface area (Å²) >= 11 is 0. The second kappa shape index (κ2) is 11.4. The van der Waals surface area contributed by atoms with Gasteiger partial charge in [-0.2, -0.15) is 13.2 Å². The summed E-state index contributed by atoms with van der Waals surface area (Å²) in [6.45, 7) is 1.54. The fourth-order valence-electron chi connectivity index (χ4n) is 4.06. The lowest BCUT2D eigenvalue weighted by atomic mass is 10.1. The van der Waals surface area contributed by atoms with Gasteiger partial charge in [0.05, 0.1) is 32.6 Å². The van der Waals surface area contributed by atoms with E-state index in [1.807, 2.05) is 17.0 Å². The number of amides is 1. The van der Waals surface area contributed by atoms with Gasteiger partial charge in [-0.1, -0.05) is 6.07 Å². The van der Waals surface area contributed by atoms with E-state index in [0.29, 0.717) is 54.9 Å². The van der Waals surface area contributed by atoms with Gasteiger partial charge in [0, 0.05) is 31.7 Å². The fraction of sp³-hybridized carbons (Fsp3) is 0.346. The summed E-state index contributed by atoms with van der Waals surface area (Å²) in [5.74, 6) is 1.85. The molecule has 202 valence electrons. The van der Waals surface area contributed by atoms with Crippen LogP contribution in [0.4, 0.5) is 19.0 Å². The van der Waals surface area contributed by atoms with Gasteiger partial charge in [-0.05, 0) is 42.5 Å². The van der Waals surface area contributed by atoms with E-state index in [1.165, 1.54) is 33.5 Å². The largest absolute Gasteiger partial charge is 0.493 e. The molecule has 0 atom stereocenters. The number of aromatic nitrogens is 2. The van der Waals surface area contributed by atoms with Crippen molar-refractivity contribution in [2.75, 3.05) is 59.0 Å². The first-order valence-corrected chi connectivity index (χ1v) is 11.7. The maximum absolute atomic E-state index is 12.9. The van der Waals surface area contributed by atoms with E-state index in [-0.39, 0.29) is 18.3 Å². The number of rotatable bonds is 8. The quantitative estimate of drug-likeness (QED) is 0.432. The summed E-state index contributed by atoms with van der Waals surface area (Å²) in [5, 5.41) is 8.70. The molecule has 0 spiro atoms. The van der Waals surface area contributed by atoms with Crippen LogP contribution in [0.3, 0.4) is 0 Å². The molecule has 0 saturated carbocycles. The normalized spacial score (nSPS) is 13.7. The molecule has 4 rings (SSSR count). The summed E-state index contributed by atoms with van der Waals surface area (Å²) in [6.07, 6.45) is -4.48. The number of halogens is 3. The molecule has 9 nitrogen and oxygen atoms in total. The summed E-state index contributed by atoms with van der Waals surface area (Å²) in [4.78, 5) is 16.2. The van der Waals surface area contributed by atoms with Gasteiger partial charge in [-0.15, -0.1) is 10.2 Å². The van der Waals surface area contributed by atoms with Crippen LogP contribution in [0.5, 0.6) is 23.0 Å². The van der Waals surface area contributed by atoms with E-state index in [2.05, 4.69) is 10.2 Å². The highest BCUT2D eigenvalue weighted by atomic mass is 19.4. The van der Waals surface area contributed by atoms with Crippen LogP contribution in [0.15, 0.2) is 48.5 Å². The maximum Gasteiger partial charge on any atom is 0.416 e. The van der Waals surface area contributed by atoms with Crippen molar-refractivity contribution in [2.45, 2.75) is 6.18 Å². The number of ether oxygens (including phenoxy) is 4. The second-order valence-corrected chi connectivity index (χ2v) is 8.37. The third kappa shape index (κ3) is 6.01. The standard InChI is InChI=1S/C26H27F3N4O5/c1-35-21-13-17(14-22(36-2)25(21)37-3)20-7-8-23(31-30-20)32-9-11-33(12-10-32)24(34)16-38-19-6-4-5-18(15-19)26(27,28)29/h4-8,13-15H,9-12,16H2,1-3H3. The Morgan fingerprint density at radius 1 is 0.895 bits per heavy atom. The van der Waals surface area contributed by atoms with Crippen LogP contribution >= 0.6 is 0 Å². The van der Waals surface area contributed by atoms with E-state index >= 15 is 0 Å². The minimum atomic E-state index is -4.48. The van der Waals surface area contributed by atoms with Crippen LogP contribution in [-0.2, 0) is 11.0 Å². The number of hydrogen-bond acceptors (Lipinski definition) is 8. The number of carbonyl (C=O) groups is 1. The molecule has 0 N–H and O–H groups in total. The zero-order valence-electron chi connectivity index (χ0n) is 21.1. The summed E-state index contributed by atoms with van der Waals surface area (Å²) in [5.41, 5.74) is 0.539. The van der Waals surface area contributed by atoms with E-state index < -0.39 is 11.7 Å². The third-order valence-corrected chi connectivity index (χ3v) is 6.09. The zero-order valence-corrected chi connectivity index (χ0v) is 21.1. The molecule has 1 aliphatic rings. The minimum absolute atomic E-state index is 0.00530. The van der Waals surface area contributed by atoms with Crippen molar-refractivity contribution in [3.8, 4) is 34.3 Å². The lowest BCUT2D eigenvalue weighted by Crippen LogP contribution is -2.50. The van der Waals surface area contributed by atoms with Gasteiger partial charge in [-0.3, -0.25) is 4.79 Å². The van der Waals surface area contributed by atoms with Crippen molar-refractivity contribution in [3.05, 3.63) is 54.1 Å². The smallest absolute Gasteiger partial charge is 0.416 e. The van der Waals surface area contributed by atoms with Crippen LogP contribution in [0.25, 0.3) is 11.3 Å². The van der Waals surface area contributed by atoms with Crippen LogP contribution in [0.1, 0.15) is 5.56 Å². The highest BCUT2D eigenvalue weighted by Crippen LogP contribution is 2.40. The van der Waals surface area contributed by atoms with Crippen LogP contribution < -0.4 is 23.8 Å². The zero-order chi connectivity index (χ0) is 27.3. The molecule has 2 heterocycles. The van der Waals surface area contributed by atoms with E-state index in [4.69, 9.17) is 18.9 Å². The van der Waals surface area contributed by atoms with Crippen molar-refractivity contribution in [2.24, 2.45) is 0 Å². The molecule has 1 amide bonds. The number of piperazine rings is 1. The topological polar surface area (TPSA) is 86.3 Å². The summed E-state index contributed by atoms with van der Waals surface area (Å²) in [7, 11) is 4.61. The first kappa shape index (κ1) is 26.8. The molecule has 0 unspecified atom stereocenters. The van der Waals surface area contributed by atoms with E-state index in [9.17, 15) is 18.0 Å². The average molecular weight is 533 g/mol. The van der Waals surface area contributed by atoms with Crippen LogP contribution in [0.2, 0.25) is 0 Å². The third-order valence-electron chi connectivity index (χ3n) is 6.09. The molecule has 1 aromatic heterocycles. The molecule has 12 heteroatoms. The molecule has 3 aromatic rings. The predicted molar refractivity (Wildman–Crippen MR) is 133 cm³/mol. The average Bonchev–Trinajstić information content (AvgIpc) is 2.95. The summed E-state index contributed by atoms with van der Waals surface area (Å²) < 4.78 is 60.1. The minimum Gasteiger partial charge on any atom is -0.493 e. The molecule has 0 bridgehead atoms. The van der Waals surface area contributed by atoms with Crippen LogP contribution in [0, 0.1) is 0 Å². The number of alkyl halides is 3. The summed E-state index contributed by atoms with van der Waals surface area (Å²) in [6, 6.07) is 11.7. The SMILES string of the molecule is COc1cc(-c2ccc(N3CCN(C(=O)COc4cccc(C(F)(F)F)c4)CC3)nn2)cc(OC)c1OC. The molecule has 38 heavy (non-hydrogen) atoms. The van der Waals surface area contributed by atoms with Gasteiger partial charge in [0.1, 0.15) is 5.75 Å². The Labute approximate surface area is 217 Å². The van der Waals surface area contributed by atoms with Gasteiger partial charge in [-0.25, -0.2) is 0 Å². The predicted octanol–water partition coefficient (Wildman–Crippen LogP) is 3.92. The number of hydrogen-bond donors (Lipinski definition) is 0. The molecule has 0 aliphatic carbocycles. The van der Waals surface area contributed by atoms with Crippen LogP contribution in [-0.4, -0.2) is 75.1 Å². The van der Waals surface area contributed by atoms with Crippen molar-refractivity contribution in [3.63, 3.8) is 0 Å². The molecule has 2 aromatic carbocycles. The van der Waals surface area contributed by atoms with E-state index in [0.717, 1.165) is 17.7 Å². The number of carbonyl (C=O) groups excluding carboxylic acids is 1. The molecular formula is C26H27F3N4O5. The molecule has 0 radical (unpaired) electrons. The number of benzene rings is 2. The Balaban J connectivity index is 1.34. The van der Waals surface area contributed by atoms with Crippen molar-refractivity contribution < 1.29 is 36.9 Å². The second-order valence-electron chi connectivity index (χ2n) is 8.37. The molecule has 1 fully saturated rings. The van der Waals surface area contributed by atoms with Gasteiger partial charge in [0.2, 0.25) is 5.75 Å².